The number of aliphatic carboxylic acids is 1. The topological polar surface area (TPSA) is 99.9 Å². The van der Waals surface area contributed by atoms with Crippen molar-refractivity contribution in [2.45, 2.75) is 19.4 Å². The summed E-state index contributed by atoms with van der Waals surface area (Å²) in [5.74, 6) is -1.50. The van der Waals surface area contributed by atoms with Crippen LogP contribution in [0.3, 0.4) is 0 Å². The molecular weight excluding hydrogens is 252 g/mol. The molecule has 1 atom stereocenters. The lowest BCUT2D eigenvalue weighted by Gasteiger charge is -2.34. The molecule has 0 aromatic carbocycles. The van der Waals surface area contributed by atoms with Crippen LogP contribution in [-0.4, -0.2) is 46.9 Å². The third-order valence-corrected chi connectivity index (χ3v) is 3.05. The molecule has 2 N–H and O–H groups in total. The average Bonchev–Trinajstić information content (AvgIpc) is 2.77. The van der Waals surface area contributed by atoms with Gasteiger partial charge in [-0.05, 0) is 13.0 Å². The fourth-order valence-electron chi connectivity index (χ4n) is 2.09. The van der Waals surface area contributed by atoms with Crippen molar-refractivity contribution in [1.29, 1.82) is 0 Å². The van der Waals surface area contributed by atoms with E-state index in [0.29, 0.717) is 17.9 Å². The zero-order chi connectivity index (χ0) is 14.0. The molecule has 1 aromatic heterocycles. The Labute approximate surface area is 109 Å². The van der Waals surface area contributed by atoms with E-state index in [1.807, 2.05) is 0 Å². The van der Waals surface area contributed by atoms with Crippen LogP contribution in [0.1, 0.15) is 22.5 Å². The Morgan fingerprint density at radius 3 is 2.89 bits per heavy atom. The number of hydrogen-bond donors (Lipinski definition) is 2. The highest BCUT2D eigenvalue weighted by Crippen LogP contribution is 2.17. The first-order valence-electron chi connectivity index (χ1n) is 5.85. The van der Waals surface area contributed by atoms with Gasteiger partial charge in [-0.1, -0.05) is 0 Å². The summed E-state index contributed by atoms with van der Waals surface area (Å²) < 4.78 is 5.06. The molecule has 102 valence electrons. The second kappa shape index (κ2) is 5.13. The Hall–Kier alpha value is -2.31. The lowest BCUT2D eigenvalue weighted by Crippen LogP contribution is -2.57. The van der Waals surface area contributed by atoms with Gasteiger partial charge in [0.05, 0.1) is 18.2 Å². The van der Waals surface area contributed by atoms with Crippen molar-refractivity contribution in [2.75, 3.05) is 13.1 Å². The van der Waals surface area contributed by atoms with E-state index in [2.05, 4.69) is 5.32 Å². The molecule has 7 nitrogen and oxygen atoms in total. The normalized spacial score (nSPS) is 19.1. The highest BCUT2D eigenvalue weighted by atomic mass is 16.4. The summed E-state index contributed by atoms with van der Waals surface area (Å²) in [4.78, 5) is 36.1. The largest absolute Gasteiger partial charge is 0.481 e. The molecule has 0 spiro atoms. The fraction of sp³-hybridized carbons (Fsp3) is 0.417. The van der Waals surface area contributed by atoms with Crippen LogP contribution in [0.25, 0.3) is 0 Å². The third kappa shape index (κ3) is 2.59. The molecular formula is C12H14N2O5. The van der Waals surface area contributed by atoms with Crippen LogP contribution in [0, 0.1) is 6.92 Å². The van der Waals surface area contributed by atoms with E-state index in [0.717, 1.165) is 0 Å². The standard InChI is InChI=1S/C12H14N2O5/c1-7-8(2-5-19-7)12(18)14-4-3-13-11(17)9(14)6-10(15)16/h2,5,9H,3-4,6H2,1H3,(H,13,17)(H,15,16). The summed E-state index contributed by atoms with van der Waals surface area (Å²) in [5, 5.41) is 11.4. The van der Waals surface area contributed by atoms with Crippen LogP contribution >= 0.6 is 0 Å². The number of rotatable bonds is 3. The van der Waals surface area contributed by atoms with Gasteiger partial charge in [-0.25, -0.2) is 0 Å². The van der Waals surface area contributed by atoms with Gasteiger partial charge in [0.15, 0.2) is 0 Å². The van der Waals surface area contributed by atoms with E-state index < -0.39 is 24.3 Å². The van der Waals surface area contributed by atoms with Crippen molar-refractivity contribution in [3.63, 3.8) is 0 Å². The van der Waals surface area contributed by atoms with Crippen molar-refractivity contribution >= 4 is 17.8 Å². The maximum Gasteiger partial charge on any atom is 0.305 e. The Kier molecular flexibility index (Phi) is 3.55. The summed E-state index contributed by atoms with van der Waals surface area (Å²) in [6, 6.07) is 0.537. The van der Waals surface area contributed by atoms with Crippen molar-refractivity contribution in [2.24, 2.45) is 0 Å². The molecule has 0 bridgehead atoms. The Balaban J connectivity index is 2.25. The number of aryl methyl sites for hydroxylation is 1. The van der Waals surface area contributed by atoms with Crippen LogP contribution in [-0.2, 0) is 9.59 Å². The number of piperazine rings is 1. The van der Waals surface area contributed by atoms with Gasteiger partial charge in [0.2, 0.25) is 5.91 Å². The molecule has 2 rings (SSSR count). The quantitative estimate of drug-likeness (QED) is 0.802. The first-order chi connectivity index (χ1) is 9.00. The number of amides is 2. The Bertz CT molecular complexity index is 522. The predicted molar refractivity (Wildman–Crippen MR) is 63.5 cm³/mol. The van der Waals surface area contributed by atoms with Crippen molar-refractivity contribution in [3.8, 4) is 0 Å². The van der Waals surface area contributed by atoms with E-state index in [9.17, 15) is 14.4 Å². The smallest absolute Gasteiger partial charge is 0.305 e. The first-order valence-corrected chi connectivity index (χ1v) is 5.85. The van der Waals surface area contributed by atoms with Gasteiger partial charge in [-0.2, -0.15) is 0 Å². The number of nitrogens with one attached hydrogen (secondary N) is 1. The summed E-state index contributed by atoms with van der Waals surface area (Å²) >= 11 is 0. The SMILES string of the molecule is Cc1occc1C(=O)N1CCNC(=O)C1CC(=O)O. The monoisotopic (exact) mass is 266 g/mol. The summed E-state index contributed by atoms with van der Waals surface area (Å²) in [7, 11) is 0. The van der Waals surface area contributed by atoms with Crippen LogP contribution in [0.2, 0.25) is 0 Å². The molecule has 2 amide bonds. The molecule has 1 aliphatic rings. The Morgan fingerprint density at radius 1 is 1.58 bits per heavy atom. The van der Waals surface area contributed by atoms with Crippen LogP contribution in [0.5, 0.6) is 0 Å². The number of hydrogen-bond acceptors (Lipinski definition) is 4. The number of carbonyl (C=O) groups excluding carboxylic acids is 2. The maximum absolute atomic E-state index is 12.3. The van der Waals surface area contributed by atoms with Crippen molar-refractivity contribution in [3.05, 3.63) is 23.7 Å². The highest BCUT2D eigenvalue weighted by Gasteiger charge is 2.35. The first kappa shape index (κ1) is 13.1. The van der Waals surface area contributed by atoms with Gasteiger partial charge < -0.3 is 19.7 Å². The number of carboxylic acids is 1. The second-order valence-corrected chi connectivity index (χ2v) is 4.29. The van der Waals surface area contributed by atoms with Crippen LogP contribution in [0.15, 0.2) is 16.7 Å². The molecule has 1 unspecified atom stereocenters. The molecule has 7 heteroatoms. The maximum atomic E-state index is 12.3. The molecule has 19 heavy (non-hydrogen) atoms. The highest BCUT2D eigenvalue weighted by molar-refractivity contribution is 5.99. The molecule has 1 aliphatic heterocycles. The predicted octanol–water partition coefficient (Wildman–Crippen LogP) is 0.00332. The van der Waals surface area contributed by atoms with Gasteiger partial charge >= 0.3 is 5.97 Å². The molecule has 1 saturated heterocycles. The van der Waals surface area contributed by atoms with Gasteiger partial charge in [0, 0.05) is 13.1 Å². The minimum Gasteiger partial charge on any atom is -0.481 e. The lowest BCUT2D eigenvalue weighted by atomic mass is 10.1. The van der Waals surface area contributed by atoms with Crippen LogP contribution < -0.4 is 5.32 Å². The van der Waals surface area contributed by atoms with E-state index in [4.69, 9.17) is 9.52 Å². The van der Waals surface area contributed by atoms with Gasteiger partial charge in [-0.15, -0.1) is 0 Å². The molecule has 0 saturated carbocycles. The number of nitrogens with zero attached hydrogens (tertiary/aromatic N) is 1. The van der Waals surface area contributed by atoms with Crippen molar-refractivity contribution in [1.82, 2.24) is 10.2 Å². The number of furan rings is 1. The van der Waals surface area contributed by atoms with E-state index >= 15 is 0 Å². The zero-order valence-corrected chi connectivity index (χ0v) is 10.4. The van der Waals surface area contributed by atoms with E-state index in [1.54, 1.807) is 6.92 Å². The van der Waals surface area contributed by atoms with Gasteiger partial charge in [0.1, 0.15) is 11.8 Å². The molecule has 1 aromatic rings. The fourth-order valence-corrected chi connectivity index (χ4v) is 2.09. The zero-order valence-electron chi connectivity index (χ0n) is 10.4. The molecule has 0 radical (unpaired) electrons. The molecule has 1 fully saturated rings. The number of carboxylic acid groups (broad SMARTS) is 1. The third-order valence-electron chi connectivity index (χ3n) is 3.05. The summed E-state index contributed by atoms with van der Waals surface area (Å²) in [6.45, 7) is 2.24. The van der Waals surface area contributed by atoms with Gasteiger partial charge in [0.25, 0.3) is 5.91 Å². The molecule has 0 aliphatic carbocycles. The van der Waals surface area contributed by atoms with Gasteiger partial charge in [-0.3, -0.25) is 14.4 Å². The number of carbonyl (C=O) groups is 3. The minimum absolute atomic E-state index is 0.285. The summed E-state index contributed by atoms with van der Waals surface area (Å²) in [6.07, 6.45) is 0.979. The van der Waals surface area contributed by atoms with E-state index in [1.165, 1.54) is 17.2 Å². The second-order valence-electron chi connectivity index (χ2n) is 4.29. The Morgan fingerprint density at radius 2 is 2.32 bits per heavy atom. The molecule has 2 heterocycles. The minimum atomic E-state index is -1.12. The lowest BCUT2D eigenvalue weighted by molar-refractivity contribution is -0.142. The van der Waals surface area contributed by atoms with E-state index in [-0.39, 0.29) is 12.5 Å². The average molecular weight is 266 g/mol. The summed E-state index contributed by atoms with van der Waals surface area (Å²) in [5.41, 5.74) is 0.352. The van der Waals surface area contributed by atoms with Crippen molar-refractivity contribution < 1.29 is 23.9 Å². The van der Waals surface area contributed by atoms with Crippen LogP contribution in [0.4, 0.5) is 0 Å².